The van der Waals surface area contributed by atoms with Gasteiger partial charge in [-0.3, -0.25) is 9.59 Å². The lowest BCUT2D eigenvalue weighted by atomic mass is 9.77. The van der Waals surface area contributed by atoms with Gasteiger partial charge in [0.05, 0.1) is 19.1 Å². The lowest BCUT2D eigenvalue weighted by Gasteiger charge is -2.35. The first-order valence-electron chi connectivity index (χ1n) is 10.1. The maximum absolute atomic E-state index is 13.2. The van der Waals surface area contributed by atoms with Crippen LogP contribution in [0.25, 0.3) is 0 Å². The largest absolute Gasteiger partial charge is 0.463 e. The molecule has 0 aliphatic heterocycles. The number of benzene rings is 2. The molecule has 1 unspecified atom stereocenters. The van der Waals surface area contributed by atoms with Crippen molar-refractivity contribution in [2.45, 2.75) is 38.7 Å². The van der Waals surface area contributed by atoms with Crippen molar-refractivity contribution >= 4 is 35.3 Å². The Morgan fingerprint density at radius 2 is 1.41 bits per heavy atom. The number of carbonyl (C=O) groups is 4. The van der Waals surface area contributed by atoms with E-state index in [1.54, 1.807) is 68.4 Å². The SMILES string of the molecule is CCOC(=O)C(OC(C)=O)(C(=O)OCC)C(CC(=O)c1ccccc1)c1ccc(Cl)cc1. The van der Waals surface area contributed by atoms with Gasteiger partial charge in [-0.2, -0.15) is 0 Å². The number of rotatable bonds is 10. The zero-order chi connectivity index (χ0) is 23.7. The number of hydrogen-bond acceptors (Lipinski definition) is 7. The lowest BCUT2D eigenvalue weighted by molar-refractivity contribution is -0.198. The average molecular weight is 461 g/mol. The fraction of sp³-hybridized carbons (Fsp3) is 0.333. The van der Waals surface area contributed by atoms with Crippen molar-refractivity contribution < 1.29 is 33.4 Å². The molecule has 32 heavy (non-hydrogen) atoms. The second kappa shape index (κ2) is 11.4. The van der Waals surface area contributed by atoms with Gasteiger partial charge in [-0.15, -0.1) is 0 Å². The molecular formula is C24H25ClO7. The summed E-state index contributed by atoms with van der Waals surface area (Å²) in [4.78, 5) is 51.6. The zero-order valence-corrected chi connectivity index (χ0v) is 18.9. The smallest absolute Gasteiger partial charge is 0.363 e. The van der Waals surface area contributed by atoms with E-state index in [0.717, 1.165) is 6.92 Å². The minimum Gasteiger partial charge on any atom is -0.463 e. The maximum atomic E-state index is 13.2. The minimum atomic E-state index is -2.52. The third-order valence-electron chi connectivity index (χ3n) is 4.71. The summed E-state index contributed by atoms with van der Waals surface area (Å²) in [6, 6.07) is 14.6. The van der Waals surface area contributed by atoms with Crippen LogP contribution in [0.2, 0.25) is 5.02 Å². The van der Waals surface area contributed by atoms with E-state index in [1.165, 1.54) is 0 Å². The third kappa shape index (κ3) is 5.73. The molecule has 0 heterocycles. The van der Waals surface area contributed by atoms with Gasteiger partial charge in [0.1, 0.15) is 0 Å². The second-order valence-electron chi connectivity index (χ2n) is 6.87. The number of ketones is 1. The van der Waals surface area contributed by atoms with E-state index >= 15 is 0 Å². The molecule has 0 saturated carbocycles. The highest BCUT2D eigenvalue weighted by Crippen LogP contribution is 2.39. The molecule has 0 aliphatic carbocycles. The molecule has 0 saturated heterocycles. The summed E-state index contributed by atoms with van der Waals surface area (Å²) < 4.78 is 15.6. The fourth-order valence-corrected chi connectivity index (χ4v) is 3.47. The molecule has 0 bridgehead atoms. The third-order valence-corrected chi connectivity index (χ3v) is 4.96. The zero-order valence-electron chi connectivity index (χ0n) is 18.1. The van der Waals surface area contributed by atoms with Crippen LogP contribution in [-0.4, -0.2) is 42.5 Å². The molecule has 2 aromatic rings. The summed E-state index contributed by atoms with van der Waals surface area (Å²) >= 11 is 6.01. The Kier molecular flexibility index (Phi) is 8.96. The highest BCUT2D eigenvalue weighted by molar-refractivity contribution is 6.30. The molecule has 0 fully saturated rings. The van der Waals surface area contributed by atoms with Crippen molar-refractivity contribution in [1.29, 1.82) is 0 Å². The van der Waals surface area contributed by atoms with Gasteiger partial charge in [0.2, 0.25) is 0 Å². The summed E-state index contributed by atoms with van der Waals surface area (Å²) in [5.74, 6) is -4.73. The normalized spacial score (nSPS) is 11.9. The lowest BCUT2D eigenvalue weighted by Crippen LogP contribution is -2.56. The highest BCUT2D eigenvalue weighted by atomic mass is 35.5. The monoisotopic (exact) mass is 460 g/mol. The van der Waals surface area contributed by atoms with Gasteiger partial charge in [-0.25, -0.2) is 9.59 Å². The van der Waals surface area contributed by atoms with Crippen LogP contribution in [0.3, 0.4) is 0 Å². The number of Topliss-reactive ketones (excluding diaryl/α,β-unsaturated/α-hetero) is 1. The fourth-order valence-electron chi connectivity index (χ4n) is 3.34. The van der Waals surface area contributed by atoms with Crippen LogP contribution in [-0.2, 0) is 28.6 Å². The number of esters is 3. The summed E-state index contributed by atoms with van der Waals surface area (Å²) in [5, 5.41) is 0.409. The van der Waals surface area contributed by atoms with Gasteiger partial charge >= 0.3 is 23.5 Å². The molecule has 0 aromatic heterocycles. The number of ether oxygens (including phenoxy) is 3. The Morgan fingerprint density at radius 3 is 1.88 bits per heavy atom. The van der Waals surface area contributed by atoms with Crippen molar-refractivity contribution in [2.75, 3.05) is 13.2 Å². The number of hydrogen-bond donors (Lipinski definition) is 0. The maximum Gasteiger partial charge on any atom is 0.363 e. The molecule has 8 heteroatoms. The molecule has 0 N–H and O–H groups in total. The summed E-state index contributed by atoms with van der Waals surface area (Å²) in [5.41, 5.74) is -1.77. The van der Waals surface area contributed by atoms with Crippen molar-refractivity contribution in [2.24, 2.45) is 0 Å². The van der Waals surface area contributed by atoms with Gasteiger partial charge in [-0.1, -0.05) is 54.1 Å². The van der Waals surface area contributed by atoms with Gasteiger partial charge < -0.3 is 14.2 Å². The summed E-state index contributed by atoms with van der Waals surface area (Å²) in [6.45, 7) is 4.00. The topological polar surface area (TPSA) is 96.0 Å². The molecule has 7 nitrogen and oxygen atoms in total. The van der Waals surface area contributed by atoms with Gasteiger partial charge in [-0.05, 0) is 31.5 Å². The Morgan fingerprint density at radius 1 is 0.875 bits per heavy atom. The highest BCUT2D eigenvalue weighted by Gasteiger charge is 2.59. The molecule has 170 valence electrons. The van der Waals surface area contributed by atoms with Crippen LogP contribution in [0.5, 0.6) is 0 Å². The molecular weight excluding hydrogens is 436 g/mol. The van der Waals surface area contributed by atoms with Crippen LogP contribution in [0.1, 0.15) is 49.0 Å². The van der Waals surface area contributed by atoms with Gasteiger partial charge in [0.15, 0.2) is 5.78 Å². The van der Waals surface area contributed by atoms with Crippen molar-refractivity contribution in [1.82, 2.24) is 0 Å². The summed E-state index contributed by atoms with van der Waals surface area (Å²) in [7, 11) is 0. The Bertz CT molecular complexity index is 936. The summed E-state index contributed by atoms with van der Waals surface area (Å²) in [6.07, 6.45) is -0.337. The van der Waals surface area contributed by atoms with Gasteiger partial charge in [0.25, 0.3) is 0 Å². The Balaban J connectivity index is 2.72. The van der Waals surface area contributed by atoms with E-state index in [4.69, 9.17) is 25.8 Å². The second-order valence-corrected chi connectivity index (χ2v) is 7.30. The predicted octanol–water partition coefficient (Wildman–Crippen LogP) is 4.12. The average Bonchev–Trinajstić information content (AvgIpc) is 2.77. The molecule has 2 rings (SSSR count). The molecule has 0 spiro atoms. The van der Waals surface area contributed by atoms with Crippen molar-refractivity contribution in [3.63, 3.8) is 0 Å². The minimum absolute atomic E-state index is 0.0821. The van der Waals surface area contributed by atoms with Crippen LogP contribution in [0.4, 0.5) is 0 Å². The molecule has 0 aliphatic rings. The van der Waals surface area contributed by atoms with Crippen LogP contribution < -0.4 is 0 Å². The van der Waals surface area contributed by atoms with Crippen molar-refractivity contribution in [3.05, 3.63) is 70.7 Å². The molecule has 1 atom stereocenters. The molecule has 2 aromatic carbocycles. The standard InChI is InChI=1S/C24H25ClO7/c1-4-30-22(28)24(32-16(3)26,23(29)31-5-2)20(17-11-13-19(25)14-12-17)15-21(27)18-9-7-6-8-10-18/h6-14,20H,4-5,15H2,1-3H3. The Labute approximate surface area is 191 Å². The van der Waals surface area contributed by atoms with E-state index in [1.807, 2.05) is 0 Å². The van der Waals surface area contributed by atoms with Crippen LogP contribution in [0, 0.1) is 0 Å². The number of carbonyl (C=O) groups excluding carboxylic acids is 4. The van der Waals surface area contributed by atoms with Crippen LogP contribution in [0.15, 0.2) is 54.6 Å². The van der Waals surface area contributed by atoms with E-state index < -0.39 is 29.4 Å². The van der Waals surface area contributed by atoms with E-state index in [9.17, 15) is 19.2 Å². The Hall–Kier alpha value is -3.19. The van der Waals surface area contributed by atoms with Crippen LogP contribution >= 0.6 is 11.6 Å². The first kappa shape index (κ1) is 25.1. The van der Waals surface area contributed by atoms with Crippen molar-refractivity contribution in [3.8, 4) is 0 Å². The first-order valence-corrected chi connectivity index (χ1v) is 10.5. The van der Waals surface area contributed by atoms with E-state index in [2.05, 4.69) is 0 Å². The molecule has 0 amide bonds. The molecule has 0 radical (unpaired) electrons. The first-order chi connectivity index (χ1) is 15.3. The predicted molar refractivity (Wildman–Crippen MR) is 117 cm³/mol. The van der Waals surface area contributed by atoms with Gasteiger partial charge in [0, 0.05) is 23.9 Å². The number of halogens is 1. The van der Waals surface area contributed by atoms with E-state index in [0.29, 0.717) is 16.1 Å². The quantitative estimate of drug-likeness (QED) is 0.227. The van der Waals surface area contributed by atoms with E-state index in [-0.39, 0.29) is 25.4 Å².